The number of carbonyl (C=O) groups is 2. The molecular formula is C12H15BrN4O2. The first-order chi connectivity index (χ1) is 9.04. The van der Waals surface area contributed by atoms with Crippen LogP contribution in [0.3, 0.4) is 0 Å². The molecule has 1 aromatic heterocycles. The lowest BCUT2D eigenvalue weighted by atomic mass is 10.0. The van der Waals surface area contributed by atoms with Gasteiger partial charge in [-0.05, 0) is 15.9 Å². The molecule has 0 saturated carbocycles. The Morgan fingerprint density at radius 2 is 2.16 bits per heavy atom. The summed E-state index contributed by atoms with van der Waals surface area (Å²) in [5.74, 6) is -0.00518. The van der Waals surface area contributed by atoms with Gasteiger partial charge < -0.3 is 9.80 Å². The van der Waals surface area contributed by atoms with E-state index in [1.807, 2.05) is 15.8 Å². The lowest BCUT2D eigenvalue weighted by Gasteiger charge is -2.40. The van der Waals surface area contributed by atoms with Gasteiger partial charge in [0.1, 0.15) is 0 Å². The monoisotopic (exact) mass is 326 g/mol. The Balaban J connectivity index is 1.56. The summed E-state index contributed by atoms with van der Waals surface area (Å²) in [7, 11) is 1.75. The van der Waals surface area contributed by atoms with Crippen LogP contribution in [0.5, 0.6) is 0 Å². The molecule has 1 atom stereocenters. The first-order valence-corrected chi connectivity index (χ1v) is 7.06. The predicted molar refractivity (Wildman–Crippen MR) is 71.3 cm³/mol. The fourth-order valence-corrected chi connectivity index (χ4v) is 2.91. The molecule has 0 aliphatic carbocycles. The van der Waals surface area contributed by atoms with E-state index in [4.69, 9.17) is 0 Å². The van der Waals surface area contributed by atoms with Gasteiger partial charge >= 0.3 is 0 Å². The zero-order chi connectivity index (χ0) is 13.6. The molecule has 2 aliphatic rings. The van der Waals surface area contributed by atoms with E-state index in [-0.39, 0.29) is 23.8 Å². The first kappa shape index (κ1) is 12.7. The molecule has 2 fully saturated rings. The Morgan fingerprint density at radius 3 is 2.68 bits per heavy atom. The number of hydrogen-bond acceptors (Lipinski definition) is 3. The van der Waals surface area contributed by atoms with E-state index in [1.54, 1.807) is 18.1 Å². The quantitative estimate of drug-likeness (QED) is 0.795. The predicted octanol–water partition coefficient (Wildman–Crippen LogP) is 0.507. The van der Waals surface area contributed by atoms with Gasteiger partial charge in [0, 0.05) is 39.3 Å². The average Bonchev–Trinajstić information content (AvgIpc) is 2.85. The summed E-state index contributed by atoms with van der Waals surface area (Å²) in [5, 5.41) is 4.22. The number of halogens is 1. The van der Waals surface area contributed by atoms with Gasteiger partial charge in [-0.1, -0.05) is 0 Å². The van der Waals surface area contributed by atoms with Crippen LogP contribution in [0.4, 0.5) is 0 Å². The van der Waals surface area contributed by atoms with E-state index in [1.165, 1.54) is 0 Å². The summed E-state index contributed by atoms with van der Waals surface area (Å²) in [6.45, 7) is 1.91. The molecule has 1 unspecified atom stereocenters. The second-order valence-electron chi connectivity index (χ2n) is 5.21. The van der Waals surface area contributed by atoms with Gasteiger partial charge in [0.05, 0.1) is 22.6 Å². The summed E-state index contributed by atoms with van der Waals surface area (Å²) in [6.07, 6.45) is 4.01. The van der Waals surface area contributed by atoms with Crippen LogP contribution < -0.4 is 0 Å². The lowest BCUT2D eigenvalue weighted by molar-refractivity contribution is -0.141. The van der Waals surface area contributed by atoms with Crippen molar-refractivity contribution in [1.29, 1.82) is 0 Å². The van der Waals surface area contributed by atoms with E-state index in [2.05, 4.69) is 21.0 Å². The maximum absolute atomic E-state index is 12.2. The van der Waals surface area contributed by atoms with Crippen LogP contribution >= 0.6 is 15.9 Å². The van der Waals surface area contributed by atoms with Crippen molar-refractivity contribution in [2.24, 2.45) is 5.92 Å². The number of likely N-dealkylation sites (tertiary alicyclic amines) is 2. The largest absolute Gasteiger partial charge is 0.345 e. The normalized spacial score (nSPS) is 23.9. The molecular weight excluding hydrogens is 312 g/mol. The maximum Gasteiger partial charge on any atom is 0.228 e. The number of hydrogen-bond donors (Lipinski definition) is 0. The third-order valence-corrected chi connectivity index (χ3v) is 4.22. The van der Waals surface area contributed by atoms with Crippen LogP contribution in [0.1, 0.15) is 12.5 Å². The van der Waals surface area contributed by atoms with Crippen molar-refractivity contribution in [3.8, 4) is 0 Å². The summed E-state index contributed by atoms with van der Waals surface area (Å²) in [6, 6.07) is 0.255. The molecule has 0 radical (unpaired) electrons. The Bertz CT molecular complexity index is 524. The standard InChI is InChI=1S/C12H15BrN4O2/c1-15-4-8(2-11(15)18)12(19)16-6-10(7-16)17-5-9(13)3-14-17/h3,5,8,10H,2,4,6-7H2,1H3. The lowest BCUT2D eigenvalue weighted by Crippen LogP contribution is -2.53. The zero-order valence-corrected chi connectivity index (χ0v) is 12.2. The molecule has 19 heavy (non-hydrogen) atoms. The second-order valence-corrected chi connectivity index (χ2v) is 6.13. The van der Waals surface area contributed by atoms with Gasteiger partial charge in [-0.2, -0.15) is 5.10 Å². The highest BCUT2D eigenvalue weighted by molar-refractivity contribution is 9.10. The number of aromatic nitrogens is 2. The summed E-state index contributed by atoms with van der Waals surface area (Å²) in [5.41, 5.74) is 0. The van der Waals surface area contributed by atoms with Crippen LogP contribution in [0.2, 0.25) is 0 Å². The topological polar surface area (TPSA) is 58.4 Å². The SMILES string of the molecule is CN1CC(C(=O)N2CC(n3cc(Br)cn3)C2)CC1=O. The Hall–Kier alpha value is -1.37. The van der Waals surface area contributed by atoms with Crippen molar-refractivity contribution < 1.29 is 9.59 Å². The fraction of sp³-hybridized carbons (Fsp3) is 0.583. The van der Waals surface area contributed by atoms with Gasteiger partial charge in [0.2, 0.25) is 11.8 Å². The van der Waals surface area contributed by atoms with Crippen LogP contribution in [0.25, 0.3) is 0 Å². The van der Waals surface area contributed by atoms with Gasteiger partial charge in [-0.15, -0.1) is 0 Å². The van der Waals surface area contributed by atoms with Crippen molar-refractivity contribution in [2.45, 2.75) is 12.5 Å². The molecule has 7 heteroatoms. The molecule has 102 valence electrons. The Labute approximate surface area is 119 Å². The van der Waals surface area contributed by atoms with Crippen LogP contribution in [0, 0.1) is 5.92 Å². The number of rotatable bonds is 2. The van der Waals surface area contributed by atoms with Crippen molar-refractivity contribution >= 4 is 27.7 Å². The van der Waals surface area contributed by atoms with Crippen LogP contribution in [0.15, 0.2) is 16.9 Å². The maximum atomic E-state index is 12.2. The summed E-state index contributed by atoms with van der Waals surface area (Å²) >= 11 is 3.36. The smallest absolute Gasteiger partial charge is 0.228 e. The van der Waals surface area contributed by atoms with E-state index < -0.39 is 0 Å². The summed E-state index contributed by atoms with van der Waals surface area (Å²) < 4.78 is 2.82. The molecule has 2 amide bonds. The van der Waals surface area contributed by atoms with E-state index in [9.17, 15) is 9.59 Å². The molecule has 2 saturated heterocycles. The van der Waals surface area contributed by atoms with Gasteiger partial charge in [0.15, 0.2) is 0 Å². The average molecular weight is 327 g/mol. The molecule has 3 heterocycles. The fourth-order valence-electron chi connectivity index (χ4n) is 2.60. The number of amides is 2. The van der Waals surface area contributed by atoms with Crippen molar-refractivity contribution in [2.75, 3.05) is 26.7 Å². The van der Waals surface area contributed by atoms with Gasteiger partial charge in [0.25, 0.3) is 0 Å². The zero-order valence-electron chi connectivity index (χ0n) is 10.6. The van der Waals surface area contributed by atoms with Crippen molar-refractivity contribution in [1.82, 2.24) is 19.6 Å². The highest BCUT2D eigenvalue weighted by atomic mass is 79.9. The minimum absolute atomic E-state index is 0.0615. The van der Waals surface area contributed by atoms with Crippen molar-refractivity contribution in [3.05, 3.63) is 16.9 Å². The molecule has 0 N–H and O–H groups in total. The molecule has 6 nitrogen and oxygen atoms in total. The van der Waals surface area contributed by atoms with Crippen LogP contribution in [-0.4, -0.2) is 58.1 Å². The highest BCUT2D eigenvalue weighted by Crippen LogP contribution is 2.26. The Morgan fingerprint density at radius 1 is 1.42 bits per heavy atom. The van der Waals surface area contributed by atoms with Crippen molar-refractivity contribution in [3.63, 3.8) is 0 Å². The third kappa shape index (κ3) is 2.27. The third-order valence-electron chi connectivity index (χ3n) is 3.81. The molecule has 1 aromatic rings. The first-order valence-electron chi connectivity index (χ1n) is 6.27. The minimum Gasteiger partial charge on any atom is -0.345 e. The molecule has 0 spiro atoms. The van der Waals surface area contributed by atoms with Gasteiger partial charge in [-0.25, -0.2) is 0 Å². The number of carbonyl (C=O) groups excluding carboxylic acids is 2. The highest BCUT2D eigenvalue weighted by Gasteiger charge is 2.40. The second kappa shape index (κ2) is 4.63. The molecule has 2 aliphatic heterocycles. The van der Waals surface area contributed by atoms with Gasteiger partial charge in [-0.3, -0.25) is 14.3 Å². The van der Waals surface area contributed by atoms with Crippen LogP contribution in [-0.2, 0) is 9.59 Å². The Kier molecular flexibility index (Phi) is 3.08. The minimum atomic E-state index is -0.164. The number of nitrogens with zero attached hydrogens (tertiary/aromatic N) is 4. The summed E-state index contributed by atoms with van der Waals surface area (Å²) in [4.78, 5) is 27.1. The molecule has 0 bridgehead atoms. The van der Waals surface area contributed by atoms with E-state index >= 15 is 0 Å². The van der Waals surface area contributed by atoms with E-state index in [0.717, 1.165) is 4.47 Å². The molecule has 0 aromatic carbocycles. The molecule has 3 rings (SSSR count). The van der Waals surface area contributed by atoms with E-state index in [0.29, 0.717) is 26.1 Å².